The molecule has 7 nitrogen and oxygen atoms in total. The van der Waals surface area contributed by atoms with Crippen molar-refractivity contribution in [3.05, 3.63) is 126 Å². The molecule has 0 radical (unpaired) electrons. The molecule has 2 aromatic carbocycles. The van der Waals surface area contributed by atoms with Crippen molar-refractivity contribution in [2.75, 3.05) is 0 Å². The van der Waals surface area contributed by atoms with Gasteiger partial charge in [-0.25, -0.2) is 9.18 Å². The van der Waals surface area contributed by atoms with Gasteiger partial charge in [-0.15, -0.1) is 11.3 Å². The summed E-state index contributed by atoms with van der Waals surface area (Å²) >= 11 is 7.43. The van der Waals surface area contributed by atoms with E-state index >= 15 is 0 Å². The molecule has 0 spiro atoms. The summed E-state index contributed by atoms with van der Waals surface area (Å²) in [6, 6.07) is 15.9. The lowest BCUT2D eigenvalue weighted by atomic mass is 10.1. The Morgan fingerprint density at radius 2 is 1.83 bits per heavy atom. The van der Waals surface area contributed by atoms with Crippen molar-refractivity contribution in [1.82, 2.24) is 14.5 Å². The lowest BCUT2D eigenvalue weighted by molar-refractivity contribution is 0.0948. The number of halogens is 2. The van der Waals surface area contributed by atoms with Crippen molar-refractivity contribution in [2.45, 2.75) is 19.6 Å². The molecule has 0 atom stereocenters. The Labute approximate surface area is 213 Å². The smallest absolute Gasteiger partial charge is 0.332 e. The van der Waals surface area contributed by atoms with Gasteiger partial charge in [0.05, 0.1) is 31.4 Å². The Hall–Kier alpha value is -3.95. The number of furan rings is 1. The number of hydrogen-bond donors (Lipinski definition) is 1. The number of carbonyl (C=O) groups excluding carboxylic acids is 1. The zero-order valence-electron chi connectivity index (χ0n) is 18.7. The molecule has 0 aliphatic heterocycles. The van der Waals surface area contributed by atoms with Crippen molar-refractivity contribution in [2.24, 2.45) is 0 Å². The highest BCUT2D eigenvalue weighted by Gasteiger charge is 2.16. The molecule has 1 N–H and O–H groups in total. The summed E-state index contributed by atoms with van der Waals surface area (Å²) in [6.45, 7) is 0.374. The van der Waals surface area contributed by atoms with Crippen molar-refractivity contribution in [1.29, 1.82) is 0 Å². The molecule has 0 unspecified atom stereocenters. The second-order valence-corrected chi connectivity index (χ2v) is 9.41. The van der Waals surface area contributed by atoms with E-state index in [1.165, 1.54) is 40.4 Å². The fourth-order valence-electron chi connectivity index (χ4n) is 3.87. The van der Waals surface area contributed by atoms with Gasteiger partial charge in [-0.3, -0.25) is 18.7 Å². The molecule has 0 saturated carbocycles. The number of fused-ring (bicyclic) bond motifs is 1. The molecular formula is C26H19ClFN3O4S. The first-order chi connectivity index (χ1) is 17.4. The Morgan fingerprint density at radius 1 is 1.03 bits per heavy atom. The molecule has 0 aliphatic carbocycles. The van der Waals surface area contributed by atoms with Gasteiger partial charge in [-0.05, 0) is 59.0 Å². The molecule has 36 heavy (non-hydrogen) atoms. The number of nitrogens with one attached hydrogen (secondary N) is 1. The molecule has 3 aromatic heterocycles. The minimum atomic E-state index is -0.508. The van der Waals surface area contributed by atoms with Crippen LogP contribution in [-0.4, -0.2) is 15.0 Å². The van der Waals surface area contributed by atoms with Crippen molar-refractivity contribution < 1.29 is 13.6 Å². The monoisotopic (exact) mass is 523 g/mol. The lowest BCUT2D eigenvalue weighted by Crippen LogP contribution is -2.40. The molecule has 3 heterocycles. The molecule has 182 valence electrons. The van der Waals surface area contributed by atoms with E-state index in [1.54, 1.807) is 47.8 Å². The van der Waals surface area contributed by atoms with Gasteiger partial charge in [0.25, 0.3) is 11.5 Å². The largest absolute Gasteiger partial charge is 0.467 e. The highest BCUT2D eigenvalue weighted by molar-refractivity contribution is 7.17. The van der Waals surface area contributed by atoms with E-state index in [0.717, 1.165) is 4.57 Å². The summed E-state index contributed by atoms with van der Waals surface area (Å²) in [4.78, 5) is 38.9. The molecular weight excluding hydrogens is 505 g/mol. The number of nitrogens with zero attached hydrogens (tertiary/aromatic N) is 2. The molecule has 5 aromatic rings. The number of benzene rings is 2. The van der Waals surface area contributed by atoms with Crippen LogP contribution < -0.4 is 16.6 Å². The summed E-state index contributed by atoms with van der Waals surface area (Å²) in [7, 11) is 0. The quantitative estimate of drug-likeness (QED) is 0.337. The van der Waals surface area contributed by atoms with Crippen LogP contribution in [0.2, 0.25) is 5.02 Å². The summed E-state index contributed by atoms with van der Waals surface area (Å²) in [5.41, 5.74) is 1.27. The van der Waals surface area contributed by atoms with Gasteiger partial charge < -0.3 is 9.73 Å². The molecule has 5 rings (SSSR count). The summed E-state index contributed by atoms with van der Waals surface area (Å²) < 4.78 is 21.7. The Kier molecular flexibility index (Phi) is 6.58. The molecule has 0 aliphatic rings. The van der Waals surface area contributed by atoms with Gasteiger partial charge in [0.15, 0.2) is 0 Å². The predicted molar refractivity (Wildman–Crippen MR) is 136 cm³/mol. The Morgan fingerprint density at radius 3 is 2.56 bits per heavy atom. The van der Waals surface area contributed by atoms with E-state index in [1.807, 2.05) is 0 Å². The summed E-state index contributed by atoms with van der Waals surface area (Å²) in [5.74, 6) is -0.102. The fraction of sp³-hybridized carbons (Fsp3) is 0.115. The first-order valence-electron chi connectivity index (χ1n) is 10.9. The number of amides is 1. The van der Waals surface area contributed by atoms with Gasteiger partial charge in [0.1, 0.15) is 16.3 Å². The van der Waals surface area contributed by atoms with Crippen LogP contribution in [0.15, 0.2) is 86.3 Å². The highest BCUT2D eigenvalue weighted by atomic mass is 35.5. The third-order valence-corrected chi connectivity index (χ3v) is 6.98. The Balaban J connectivity index is 1.42. The van der Waals surface area contributed by atoms with Crippen LogP contribution in [-0.2, 0) is 19.6 Å². The first-order valence-corrected chi connectivity index (χ1v) is 12.2. The number of thiophene rings is 1. The third-order valence-electron chi connectivity index (χ3n) is 5.74. The van der Waals surface area contributed by atoms with E-state index in [2.05, 4.69) is 5.32 Å². The average molecular weight is 524 g/mol. The van der Waals surface area contributed by atoms with Crippen LogP contribution in [0.25, 0.3) is 10.2 Å². The number of rotatable bonds is 7. The molecule has 0 saturated heterocycles. The SMILES string of the molecule is O=C(NCc1ccco1)c1ccc(Cn2c(=O)c3sccc3n(Cc3ccc(F)cc3Cl)c2=O)cc1. The fourth-order valence-corrected chi connectivity index (χ4v) is 4.94. The van der Waals surface area contributed by atoms with E-state index in [-0.39, 0.29) is 30.6 Å². The van der Waals surface area contributed by atoms with Gasteiger partial charge in [-0.1, -0.05) is 29.8 Å². The zero-order valence-corrected chi connectivity index (χ0v) is 20.3. The predicted octanol–water partition coefficient (Wildman–Crippen LogP) is 4.64. The number of hydrogen-bond acceptors (Lipinski definition) is 5. The van der Waals surface area contributed by atoms with Gasteiger partial charge in [0, 0.05) is 10.6 Å². The van der Waals surface area contributed by atoms with E-state index in [4.69, 9.17) is 16.0 Å². The zero-order chi connectivity index (χ0) is 25.2. The van der Waals surface area contributed by atoms with E-state index < -0.39 is 17.1 Å². The first kappa shape index (κ1) is 23.8. The van der Waals surface area contributed by atoms with Crippen LogP contribution in [0.1, 0.15) is 27.2 Å². The Bertz CT molecular complexity index is 1670. The second-order valence-electron chi connectivity index (χ2n) is 8.09. The minimum absolute atomic E-state index is 0.0248. The van der Waals surface area contributed by atoms with Gasteiger partial charge in [-0.2, -0.15) is 0 Å². The maximum atomic E-state index is 13.5. The maximum Gasteiger partial charge on any atom is 0.332 e. The molecule has 0 fully saturated rings. The van der Waals surface area contributed by atoms with Crippen LogP contribution in [0.3, 0.4) is 0 Å². The normalized spacial score (nSPS) is 11.2. The van der Waals surface area contributed by atoms with Crippen LogP contribution in [0, 0.1) is 5.82 Å². The number of aromatic nitrogens is 2. The maximum absolute atomic E-state index is 13.5. The molecule has 10 heteroatoms. The highest BCUT2D eigenvalue weighted by Crippen LogP contribution is 2.21. The van der Waals surface area contributed by atoms with Gasteiger partial charge in [0.2, 0.25) is 0 Å². The number of carbonyl (C=O) groups is 1. The lowest BCUT2D eigenvalue weighted by Gasteiger charge is -2.13. The van der Waals surface area contributed by atoms with Crippen molar-refractivity contribution in [3.8, 4) is 0 Å². The van der Waals surface area contributed by atoms with Crippen molar-refractivity contribution >= 4 is 39.1 Å². The van der Waals surface area contributed by atoms with Crippen LogP contribution in [0.5, 0.6) is 0 Å². The van der Waals surface area contributed by atoms with Gasteiger partial charge >= 0.3 is 5.69 Å². The summed E-state index contributed by atoms with van der Waals surface area (Å²) in [5, 5.41) is 4.71. The topological polar surface area (TPSA) is 86.2 Å². The van der Waals surface area contributed by atoms with Crippen molar-refractivity contribution in [3.63, 3.8) is 0 Å². The van der Waals surface area contributed by atoms with E-state index in [9.17, 15) is 18.8 Å². The van der Waals surface area contributed by atoms with Crippen LogP contribution in [0.4, 0.5) is 4.39 Å². The third kappa shape index (κ3) is 4.75. The molecule has 1 amide bonds. The average Bonchev–Trinajstić information content (AvgIpc) is 3.57. The van der Waals surface area contributed by atoms with Crippen LogP contribution >= 0.6 is 22.9 Å². The standard InChI is InChI=1S/C26H19ClFN3O4S/c27-21-12-19(28)8-7-18(21)15-30-22-9-11-36-23(22)25(33)31(26(30)34)14-16-3-5-17(6-4-16)24(32)29-13-20-2-1-10-35-20/h1-12H,13-15H2,(H,29,32). The minimum Gasteiger partial charge on any atom is -0.467 e. The summed E-state index contributed by atoms with van der Waals surface area (Å²) in [6.07, 6.45) is 1.54. The van der Waals surface area contributed by atoms with E-state index in [0.29, 0.717) is 32.7 Å². The second kappa shape index (κ2) is 9.96. The molecule has 0 bridgehead atoms.